The molecule has 2 rings (SSSR count). The van der Waals surface area contributed by atoms with E-state index in [1.165, 1.54) is 21.6 Å². The van der Waals surface area contributed by atoms with Gasteiger partial charge in [-0.05, 0) is 37.6 Å². The van der Waals surface area contributed by atoms with Crippen LogP contribution in [0.5, 0.6) is 0 Å². The van der Waals surface area contributed by atoms with Crippen molar-refractivity contribution in [2.24, 2.45) is 0 Å². The van der Waals surface area contributed by atoms with Crippen molar-refractivity contribution >= 4 is 11.8 Å². The van der Waals surface area contributed by atoms with E-state index >= 15 is 0 Å². The molecule has 0 saturated heterocycles. The molecule has 2 aromatic carbocycles. The highest BCUT2D eigenvalue weighted by atomic mass is 32.2. The second-order valence-electron chi connectivity index (χ2n) is 4.15. The van der Waals surface area contributed by atoms with Crippen LogP contribution in [0.2, 0.25) is 0 Å². The smallest absolute Gasteiger partial charge is 0.0877 e. The molecule has 0 nitrogen and oxygen atoms in total. The van der Waals surface area contributed by atoms with Gasteiger partial charge in [-0.1, -0.05) is 67.6 Å². The van der Waals surface area contributed by atoms with Gasteiger partial charge >= 0.3 is 0 Å². The first kappa shape index (κ1) is 16.3. The van der Waals surface area contributed by atoms with Crippen LogP contribution in [0.1, 0.15) is 20.3 Å². The molecule has 2 aromatic rings. The molecule has 0 spiro atoms. The van der Waals surface area contributed by atoms with Gasteiger partial charge in [0.25, 0.3) is 0 Å². The molecule has 20 heavy (non-hydrogen) atoms. The number of hydrogen-bond acceptors (Lipinski definition) is 0. The number of thiol groups is 1. The van der Waals surface area contributed by atoms with Crippen molar-refractivity contribution in [3.05, 3.63) is 85.0 Å². The molecule has 0 amide bonds. The van der Waals surface area contributed by atoms with Crippen LogP contribution in [-0.2, 0) is 11.8 Å². The van der Waals surface area contributed by atoms with E-state index in [9.17, 15) is 0 Å². The SMILES string of the molecule is C/C=C\C=C/CC.c1ccc([SH+]c2ccccc2)cc1. The number of benzene rings is 2. The monoisotopic (exact) mass is 283 g/mol. The molecule has 0 atom stereocenters. The Balaban J connectivity index is 0.000000246. The second kappa shape index (κ2) is 11.1. The lowest BCUT2D eigenvalue weighted by Crippen LogP contribution is -1.82. The van der Waals surface area contributed by atoms with E-state index in [1.807, 2.05) is 31.2 Å². The van der Waals surface area contributed by atoms with E-state index in [-0.39, 0.29) is 0 Å². The quantitative estimate of drug-likeness (QED) is 0.398. The van der Waals surface area contributed by atoms with Gasteiger partial charge in [0, 0.05) is 11.8 Å². The van der Waals surface area contributed by atoms with E-state index in [0.29, 0.717) is 0 Å². The van der Waals surface area contributed by atoms with Gasteiger partial charge in [-0.3, -0.25) is 0 Å². The number of rotatable bonds is 4. The standard InChI is InChI=1S/C12H10S.C7H12/c1-3-7-11(8-4-1)13-12-9-5-2-6-10-12;1-3-5-7-6-4-2/h1-10H;3,5-7H,4H2,1-2H3/p+1/b;5-3-,7-6-. The zero-order valence-electron chi connectivity index (χ0n) is 12.2. The van der Waals surface area contributed by atoms with Crippen LogP contribution in [0, 0.1) is 0 Å². The minimum Gasteiger partial charge on any atom is -0.0877 e. The van der Waals surface area contributed by atoms with E-state index < -0.39 is 0 Å². The van der Waals surface area contributed by atoms with Gasteiger partial charge in [-0.25, -0.2) is 0 Å². The minimum absolute atomic E-state index is 1.13. The van der Waals surface area contributed by atoms with Gasteiger partial charge in [0.2, 0.25) is 0 Å². The molecule has 0 N–H and O–H groups in total. The molecular formula is C19H23S+. The number of hydrogen-bond donors (Lipinski definition) is 0. The maximum atomic E-state index is 2.15. The van der Waals surface area contributed by atoms with Gasteiger partial charge in [-0.15, -0.1) is 0 Å². The highest BCUT2D eigenvalue weighted by Gasteiger charge is 2.03. The first-order chi connectivity index (χ1) is 9.86. The fraction of sp³-hybridized carbons (Fsp3) is 0.158. The fourth-order valence-electron chi connectivity index (χ4n) is 1.48. The predicted molar refractivity (Wildman–Crippen MR) is 92.4 cm³/mol. The summed E-state index contributed by atoms with van der Waals surface area (Å²) in [5.74, 6) is 0. The Hall–Kier alpha value is -1.73. The average Bonchev–Trinajstić information content (AvgIpc) is 2.51. The molecule has 0 saturated carbocycles. The summed E-state index contributed by atoms with van der Waals surface area (Å²) >= 11 is 1.28. The van der Waals surface area contributed by atoms with Gasteiger partial charge in [0.1, 0.15) is 0 Å². The summed E-state index contributed by atoms with van der Waals surface area (Å²) in [6.45, 7) is 4.14. The number of allylic oxidation sites excluding steroid dienone is 4. The van der Waals surface area contributed by atoms with Gasteiger partial charge in [-0.2, -0.15) is 0 Å². The Morgan fingerprint density at radius 1 is 0.800 bits per heavy atom. The second-order valence-corrected chi connectivity index (χ2v) is 5.40. The van der Waals surface area contributed by atoms with Crippen LogP contribution in [0.15, 0.2) is 94.8 Å². The third-order valence-electron chi connectivity index (χ3n) is 2.45. The first-order valence-corrected chi connectivity index (χ1v) is 7.86. The zero-order valence-corrected chi connectivity index (χ0v) is 13.1. The van der Waals surface area contributed by atoms with Crippen LogP contribution in [0.25, 0.3) is 0 Å². The summed E-state index contributed by atoms with van der Waals surface area (Å²) < 4.78 is 0. The van der Waals surface area contributed by atoms with Crippen molar-refractivity contribution < 1.29 is 0 Å². The zero-order chi connectivity index (χ0) is 14.5. The molecule has 0 radical (unpaired) electrons. The molecular weight excluding hydrogens is 260 g/mol. The lowest BCUT2D eigenvalue weighted by molar-refractivity contribution is 1.22. The summed E-state index contributed by atoms with van der Waals surface area (Å²) in [4.78, 5) is 2.68. The molecule has 0 unspecified atom stereocenters. The van der Waals surface area contributed by atoms with Gasteiger partial charge in [0.15, 0.2) is 9.79 Å². The lowest BCUT2D eigenvalue weighted by atomic mass is 10.4. The largest absolute Gasteiger partial charge is 0.158 e. The van der Waals surface area contributed by atoms with Gasteiger partial charge < -0.3 is 0 Å². The Morgan fingerprint density at radius 2 is 1.30 bits per heavy atom. The van der Waals surface area contributed by atoms with Crippen molar-refractivity contribution in [3.8, 4) is 0 Å². The summed E-state index contributed by atoms with van der Waals surface area (Å²) in [7, 11) is 0. The lowest BCUT2D eigenvalue weighted by Gasteiger charge is -1.90. The van der Waals surface area contributed by atoms with Crippen molar-refractivity contribution in [1.29, 1.82) is 0 Å². The molecule has 0 bridgehead atoms. The van der Waals surface area contributed by atoms with Crippen LogP contribution in [0.3, 0.4) is 0 Å². The topological polar surface area (TPSA) is 0 Å². The van der Waals surface area contributed by atoms with Gasteiger partial charge in [0.05, 0.1) is 0 Å². The van der Waals surface area contributed by atoms with Crippen molar-refractivity contribution in [2.75, 3.05) is 0 Å². The Kier molecular flexibility index (Phi) is 9.08. The van der Waals surface area contributed by atoms with Crippen LogP contribution in [-0.4, -0.2) is 0 Å². The summed E-state index contributed by atoms with van der Waals surface area (Å²) in [6.07, 6.45) is 9.36. The van der Waals surface area contributed by atoms with Crippen LogP contribution in [0.4, 0.5) is 0 Å². The molecule has 0 aromatic heterocycles. The fourth-order valence-corrected chi connectivity index (χ4v) is 2.42. The van der Waals surface area contributed by atoms with Crippen molar-refractivity contribution in [1.82, 2.24) is 0 Å². The summed E-state index contributed by atoms with van der Waals surface area (Å²) in [6, 6.07) is 21.0. The van der Waals surface area contributed by atoms with Crippen LogP contribution >= 0.6 is 0 Å². The van der Waals surface area contributed by atoms with Crippen molar-refractivity contribution in [3.63, 3.8) is 0 Å². The third-order valence-corrected chi connectivity index (χ3v) is 3.56. The maximum absolute atomic E-state index is 2.15. The van der Waals surface area contributed by atoms with Crippen molar-refractivity contribution in [2.45, 2.75) is 30.1 Å². The molecule has 104 valence electrons. The molecule has 0 aliphatic carbocycles. The maximum Gasteiger partial charge on any atom is 0.158 e. The Bertz CT molecular complexity index is 460. The molecule has 0 heterocycles. The molecule has 0 fully saturated rings. The normalized spacial score (nSPS) is 10.5. The predicted octanol–water partition coefficient (Wildman–Crippen LogP) is 5.45. The average molecular weight is 283 g/mol. The molecule has 0 aliphatic rings. The molecule has 1 heteroatoms. The van der Waals surface area contributed by atoms with E-state index in [1.54, 1.807) is 0 Å². The summed E-state index contributed by atoms with van der Waals surface area (Å²) in [5, 5.41) is 0. The Labute approximate surface area is 127 Å². The van der Waals surface area contributed by atoms with E-state index in [0.717, 1.165) is 6.42 Å². The first-order valence-electron chi connectivity index (χ1n) is 6.96. The minimum atomic E-state index is 1.13. The third kappa shape index (κ3) is 7.65. The highest BCUT2D eigenvalue weighted by molar-refractivity contribution is 7.78. The van der Waals surface area contributed by atoms with E-state index in [4.69, 9.17) is 0 Å². The van der Waals surface area contributed by atoms with E-state index in [2.05, 4.69) is 67.6 Å². The molecule has 0 aliphatic heterocycles. The van der Waals surface area contributed by atoms with Crippen LogP contribution < -0.4 is 0 Å². The Morgan fingerprint density at radius 3 is 1.70 bits per heavy atom. The highest BCUT2D eigenvalue weighted by Crippen LogP contribution is 2.10. The summed E-state index contributed by atoms with van der Waals surface area (Å²) in [5.41, 5.74) is 0.